The van der Waals surface area contributed by atoms with Crippen LogP contribution in [0.3, 0.4) is 0 Å². The second-order valence-electron chi connectivity index (χ2n) is 2.86. The summed E-state index contributed by atoms with van der Waals surface area (Å²) in [4.78, 5) is 0. The van der Waals surface area contributed by atoms with E-state index in [1.807, 2.05) is 0 Å². The van der Waals surface area contributed by atoms with E-state index in [0.29, 0.717) is 0 Å². The average molecular weight is 229 g/mol. The number of aryl methyl sites for hydroxylation is 2. The summed E-state index contributed by atoms with van der Waals surface area (Å²) in [5.41, 5.74) is 2.50. The van der Waals surface area contributed by atoms with Crippen LogP contribution in [0.5, 0.6) is 5.75 Å². The Bertz CT molecular complexity index is 238. The lowest BCUT2D eigenvalue weighted by Crippen LogP contribution is -1.98. The summed E-state index contributed by atoms with van der Waals surface area (Å²) in [6, 6.07) is 6.24. The number of alkyl halides is 1. The molecule has 0 heterocycles. The molecule has 12 heavy (non-hydrogen) atoms. The highest BCUT2D eigenvalue weighted by Gasteiger charge is 1.95. The van der Waals surface area contributed by atoms with Gasteiger partial charge in [-0.25, -0.2) is 0 Å². The van der Waals surface area contributed by atoms with Crippen molar-refractivity contribution in [3.8, 4) is 5.75 Å². The Balaban J connectivity index is 2.72. The van der Waals surface area contributed by atoms with Crippen molar-refractivity contribution in [1.29, 1.82) is 0 Å². The van der Waals surface area contributed by atoms with Crippen LogP contribution < -0.4 is 4.74 Å². The van der Waals surface area contributed by atoms with Gasteiger partial charge in [-0.05, 0) is 37.1 Å². The van der Waals surface area contributed by atoms with Crippen LogP contribution in [0.1, 0.15) is 11.1 Å². The highest BCUT2D eigenvalue weighted by atomic mass is 79.9. The number of halogens is 1. The molecule has 1 aromatic carbocycles. The molecular weight excluding hydrogens is 216 g/mol. The maximum absolute atomic E-state index is 5.47. The van der Waals surface area contributed by atoms with Gasteiger partial charge >= 0.3 is 0 Å². The Morgan fingerprint density at radius 3 is 2.25 bits per heavy atom. The molecule has 0 radical (unpaired) electrons. The molecule has 0 saturated carbocycles. The maximum Gasteiger partial charge on any atom is 0.119 e. The Morgan fingerprint density at radius 2 is 1.75 bits per heavy atom. The maximum atomic E-state index is 5.47. The standard InChI is InChI=1S/C10H13BrO/c1-8-5-9(2)7-10(6-8)12-4-3-11/h5-7H,3-4H2,1-2H3. The van der Waals surface area contributed by atoms with Gasteiger partial charge in [-0.15, -0.1) is 0 Å². The predicted molar refractivity (Wildman–Crippen MR) is 55.2 cm³/mol. The van der Waals surface area contributed by atoms with Crippen LogP contribution in [0.4, 0.5) is 0 Å². The van der Waals surface area contributed by atoms with E-state index in [1.54, 1.807) is 0 Å². The molecule has 0 unspecified atom stereocenters. The van der Waals surface area contributed by atoms with Crippen LogP contribution in [0.2, 0.25) is 0 Å². The average Bonchev–Trinajstić information content (AvgIpc) is 1.99. The Morgan fingerprint density at radius 1 is 1.17 bits per heavy atom. The first-order chi connectivity index (χ1) is 5.72. The molecule has 1 rings (SSSR count). The molecule has 0 aliphatic rings. The van der Waals surface area contributed by atoms with Crippen molar-refractivity contribution in [3.63, 3.8) is 0 Å². The third-order valence-corrected chi connectivity index (χ3v) is 1.86. The molecule has 0 spiro atoms. The van der Waals surface area contributed by atoms with E-state index < -0.39 is 0 Å². The summed E-state index contributed by atoms with van der Waals surface area (Å²) >= 11 is 3.32. The normalized spacial score (nSPS) is 9.92. The quantitative estimate of drug-likeness (QED) is 0.723. The number of hydrogen-bond acceptors (Lipinski definition) is 1. The smallest absolute Gasteiger partial charge is 0.119 e. The lowest BCUT2D eigenvalue weighted by molar-refractivity contribution is 0.344. The van der Waals surface area contributed by atoms with Gasteiger partial charge in [0.2, 0.25) is 0 Å². The Hall–Kier alpha value is -0.500. The number of rotatable bonds is 3. The van der Waals surface area contributed by atoms with Gasteiger partial charge in [-0.3, -0.25) is 0 Å². The van der Waals surface area contributed by atoms with Crippen molar-refractivity contribution in [3.05, 3.63) is 29.3 Å². The van der Waals surface area contributed by atoms with Gasteiger partial charge in [-0.2, -0.15) is 0 Å². The van der Waals surface area contributed by atoms with Crippen LogP contribution in [-0.2, 0) is 0 Å². The fraction of sp³-hybridized carbons (Fsp3) is 0.400. The molecule has 1 aromatic rings. The third-order valence-electron chi connectivity index (χ3n) is 1.54. The van der Waals surface area contributed by atoms with Gasteiger partial charge in [0.25, 0.3) is 0 Å². The predicted octanol–water partition coefficient (Wildman–Crippen LogP) is 3.08. The van der Waals surface area contributed by atoms with Gasteiger partial charge < -0.3 is 4.74 Å². The van der Waals surface area contributed by atoms with Crippen molar-refractivity contribution >= 4 is 15.9 Å². The molecule has 0 fully saturated rings. The summed E-state index contributed by atoms with van der Waals surface area (Å²) in [6.07, 6.45) is 0. The van der Waals surface area contributed by atoms with Crippen LogP contribution in [0, 0.1) is 13.8 Å². The summed E-state index contributed by atoms with van der Waals surface area (Å²) in [7, 11) is 0. The molecule has 66 valence electrons. The third kappa shape index (κ3) is 2.86. The zero-order valence-corrected chi connectivity index (χ0v) is 9.02. The molecule has 0 saturated heterocycles. The van der Waals surface area contributed by atoms with E-state index in [1.165, 1.54) is 11.1 Å². The molecule has 0 aliphatic heterocycles. The lowest BCUT2D eigenvalue weighted by Gasteiger charge is -2.05. The van der Waals surface area contributed by atoms with E-state index in [-0.39, 0.29) is 0 Å². The molecule has 0 amide bonds. The van der Waals surface area contributed by atoms with E-state index in [2.05, 4.69) is 48.0 Å². The fourth-order valence-electron chi connectivity index (χ4n) is 1.17. The van der Waals surface area contributed by atoms with Crippen LogP contribution in [0.25, 0.3) is 0 Å². The molecule has 2 heteroatoms. The first kappa shape index (κ1) is 9.59. The topological polar surface area (TPSA) is 9.23 Å². The van der Waals surface area contributed by atoms with Crippen molar-refractivity contribution in [2.75, 3.05) is 11.9 Å². The zero-order valence-electron chi connectivity index (χ0n) is 7.43. The molecule has 1 nitrogen and oxygen atoms in total. The fourth-order valence-corrected chi connectivity index (χ4v) is 1.33. The zero-order chi connectivity index (χ0) is 8.97. The second-order valence-corrected chi connectivity index (χ2v) is 3.65. The highest BCUT2D eigenvalue weighted by molar-refractivity contribution is 9.09. The van der Waals surface area contributed by atoms with Crippen molar-refractivity contribution < 1.29 is 4.74 Å². The summed E-state index contributed by atoms with van der Waals surface area (Å²) in [5, 5.41) is 0.875. The van der Waals surface area contributed by atoms with Crippen molar-refractivity contribution in [2.45, 2.75) is 13.8 Å². The van der Waals surface area contributed by atoms with E-state index in [4.69, 9.17) is 4.74 Å². The molecule has 0 bridgehead atoms. The Labute approximate surface area is 81.9 Å². The van der Waals surface area contributed by atoms with Crippen LogP contribution in [0.15, 0.2) is 18.2 Å². The van der Waals surface area contributed by atoms with Gasteiger partial charge in [-0.1, -0.05) is 22.0 Å². The van der Waals surface area contributed by atoms with Crippen molar-refractivity contribution in [2.24, 2.45) is 0 Å². The molecule has 0 N–H and O–H groups in total. The SMILES string of the molecule is Cc1cc(C)cc(OCCBr)c1. The molecular formula is C10H13BrO. The number of ether oxygens (including phenoxy) is 1. The second kappa shape index (κ2) is 4.51. The van der Waals surface area contributed by atoms with E-state index >= 15 is 0 Å². The minimum absolute atomic E-state index is 0.725. The monoisotopic (exact) mass is 228 g/mol. The van der Waals surface area contributed by atoms with Crippen LogP contribution in [-0.4, -0.2) is 11.9 Å². The molecule has 0 aliphatic carbocycles. The van der Waals surface area contributed by atoms with Gasteiger partial charge in [0.15, 0.2) is 0 Å². The molecule has 0 aromatic heterocycles. The summed E-state index contributed by atoms with van der Waals surface area (Å²) < 4.78 is 5.47. The molecule has 0 atom stereocenters. The van der Waals surface area contributed by atoms with Gasteiger partial charge in [0.05, 0.1) is 6.61 Å². The number of benzene rings is 1. The van der Waals surface area contributed by atoms with E-state index in [0.717, 1.165) is 17.7 Å². The Kier molecular flexibility index (Phi) is 3.60. The highest BCUT2D eigenvalue weighted by Crippen LogP contribution is 2.15. The summed E-state index contributed by atoms with van der Waals surface area (Å²) in [6.45, 7) is 4.88. The largest absolute Gasteiger partial charge is 0.493 e. The van der Waals surface area contributed by atoms with E-state index in [9.17, 15) is 0 Å². The minimum Gasteiger partial charge on any atom is -0.493 e. The number of hydrogen-bond donors (Lipinski definition) is 0. The van der Waals surface area contributed by atoms with Crippen molar-refractivity contribution in [1.82, 2.24) is 0 Å². The first-order valence-corrected chi connectivity index (χ1v) is 5.11. The minimum atomic E-state index is 0.725. The summed E-state index contributed by atoms with van der Waals surface area (Å²) in [5.74, 6) is 0.965. The van der Waals surface area contributed by atoms with Crippen LogP contribution >= 0.6 is 15.9 Å². The van der Waals surface area contributed by atoms with Gasteiger partial charge in [0, 0.05) is 5.33 Å². The van der Waals surface area contributed by atoms with Gasteiger partial charge in [0.1, 0.15) is 5.75 Å². The first-order valence-electron chi connectivity index (χ1n) is 3.99. The lowest BCUT2D eigenvalue weighted by atomic mass is 10.1.